The molecule has 1 aliphatic rings. The zero-order valence-corrected chi connectivity index (χ0v) is 10.2. The van der Waals surface area contributed by atoms with Crippen molar-refractivity contribution in [1.82, 2.24) is 0 Å². The number of hydrogen-bond donors (Lipinski definition) is 1. The normalized spacial score (nSPS) is 24.8. The molecular weight excluding hydrogens is 192 g/mol. The SMILES string of the molecule is CCOC(C)(CC)C(O)C1CCOCC1. The van der Waals surface area contributed by atoms with Crippen LogP contribution in [0.4, 0.5) is 0 Å². The number of hydrogen-bond acceptors (Lipinski definition) is 3. The second-order valence-electron chi connectivity index (χ2n) is 4.49. The van der Waals surface area contributed by atoms with Crippen molar-refractivity contribution >= 4 is 0 Å². The van der Waals surface area contributed by atoms with Crippen LogP contribution in [0.1, 0.15) is 40.0 Å². The van der Waals surface area contributed by atoms with Crippen LogP contribution in [-0.2, 0) is 9.47 Å². The molecule has 1 N–H and O–H groups in total. The van der Waals surface area contributed by atoms with Crippen molar-refractivity contribution in [3.8, 4) is 0 Å². The van der Waals surface area contributed by atoms with Crippen molar-refractivity contribution < 1.29 is 14.6 Å². The lowest BCUT2D eigenvalue weighted by molar-refractivity contribution is -0.142. The zero-order valence-electron chi connectivity index (χ0n) is 10.2. The molecule has 1 aliphatic heterocycles. The van der Waals surface area contributed by atoms with Gasteiger partial charge in [0.05, 0.1) is 11.7 Å². The summed E-state index contributed by atoms with van der Waals surface area (Å²) >= 11 is 0. The van der Waals surface area contributed by atoms with Crippen molar-refractivity contribution in [3.05, 3.63) is 0 Å². The first kappa shape index (κ1) is 12.9. The van der Waals surface area contributed by atoms with Crippen molar-refractivity contribution in [1.29, 1.82) is 0 Å². The Balaban J connectivity index is 2.57. The molecule has 2 unspecified atom stereocenters. The summed E-state index contributed by atoms with van der Waals surface area (Å²) in [5, 5.41) is 10.3. The summed E-state index contributed by atoms with van der Waals surface area (Å²) < 4.78 is 11.0. The van der Waals surface area contributed by atoms with E-state index >= 15 is 0 Å². The second-order valence-corrected chi connectivity index (χ2v) is 4.49. The Labute approximate surface area is 92.8 Å². The third kappa shape index (κ3) is 3.16. The molecule has 1 fully saturated rings. The summed E-state index contributed by atoms with van der Waals surface area (Å²) in [5.41, 5.74) is -0.392. The first-order valence-electron chi connectivity index (χ1n) is 6.03. The van der Waals surface area contributed by atoms with Gasteiger partial charge in [0.15, 0.2) is 0 Å². The molecule has 1 saturated heterocycles. The van der Waals surface area contributed by atoms with Gasteiger partial charge in [0.2, 0.25) is 0 Å². The average Bonchev–Trinajstić information content (AvgIpc) is 2.29. The van der Waals surface area contributed by atoms with Gasteiger partial charge < -0.3 is 14.6 Å². The number of rotatable bonds is 5. The van der Waals surface area contributed by atoms with E-state index in [9.17, 15) is 5.11 Å². The topological polar surface area (TPSA) is 38.7 Å². The van der Waals surface area contributed by atoms with E-state index in [4.69, 9.17) is 9.47 Å². The molecule has 3 heteroatoms. The molecule has 0 radical (unpaired) electrons. The summed E-state index contributed by atoms with van der Waals surface area (Å²) in [6.45, 7) is 8.26. The zero-order chi connectivity index (χ0) is 11.3. The van der Waals surface area contributed by atoms with Crippen LogP contribution in [0.15, 0.2) is 0 Å². The highest BCUT2D eigenvalue weighted by atomic mass is 16.5. The molecule has 0 bridgehead atoms. The minimum atomic E-state index is -0.392. The van der Waals surface area contributed by atoms with E-state index in [-0.39, 0.29) is 6.10 Å². The van der Waals surface area contributed by atoms with Crippen LogP contribution in [0.2, 0.25) is 0 Å². The molecule has 0 aromatic carbocycles. The smallest absolute Gasteiger partial charge is 0.0912 e. The molecule has 0 saturated carbocycles. The van der Waals surface area contributed by atoms with Gasteiger partial charge in [-0.1, -0.05) is 6.92 Å². The summed E-state index contributed by atoms with van der Waals surface area (Å²) in [5.74, 6) is 0.329. The number of ether oxygens (including phenoxy) is 2. The highest BCUT2D eigenvalue weighted by Crippen LogP contribution is 2.30. The minimum Gasteiger partial charge on any atom is -0.390 e. The van der Waals surface area contributed by atoms with Gasteiger partial charge in [0, 0.05) is 19.8 Å². The second kappa shape index (κ2) is 5.83. The van der Waals surface area contributed by atoms with Crippen molar-refractivity contribution in [2.75, 3.05) is 19.8 Å². The van der Waals surface area contributed by atoms with Gasteiger partial charge in [0.25, 0.3) is 0 Å². The summed E-state index contributed by atoms with van der Waals surface area (Å²) in [7, 11) is 0. The van der Waals surface area contributed by atoms with Crippen LogP contribution in [0, 0.1) is 5.92 Å². The molecule has 90 valence electrons. The third-order valence-electron chi connectivity index (χ3n) is 3.51. The van der Waals surface area contributed by atoms with Gasteiger partial charge in [-0.25, -0.2) is 0 Å². The molecule has 15 heavy (non-hydrogen) atoms. The monoisotopic (exact) mass is 216 g/mol. The van der Waals surface area contributed by atoms with Gasteiger partial charge in [0.1, 0.15) is 0 Å². The highest BCUT2D eigenvalue weighted by Gasteiger charge is 2.37. The van der Waals surface area contributed by atoms with Crippen LogP contribution < -0.4 is 0 Å². The van der Waals surface area contributed by atoms with Gasteiger partial charge >= 0.3 is 0 Å². The van der Waals surface area contributed by atoms with E-state index in [1.165, 1.54) is 0 Å². The predicted octanol–water partition coefficient (Wildman–Crippen LogP) is 1.98. The quantitative estimate of drug-likeness (QED) is 0.763. The first-order valence-corrected chi connectivity index (χ1v) is 6.03. The minimum absolute atomic E-state index is 0.329. The van der Waals surface area contributed by atoms with Crippen molar-refractivity contribution in [2.24, 2.45) is 5.92 Å². The Morgan fingerprint density at radius 2 is 2.00 bits per heavy atom. The maximum atomic E-state index is 10.3. The molecule has 0 aliphatic carbocycles. The van der Waals surface area contributed by atoms with E-state index < -0.39 is 5.60 Å². The Morgan fingerprint density at radius 1 is 1.40 bits per heavy atom. The molecule has 0 spiro atoms. The molecular formula is C12H24O3. The van der Waals surface area contributed by atoms with Crippen LogP contribution >= 0.6 is 0 Å². The maximum Gasteiger partial charge on any atom is 0.0912 e. The lowest BCUT2D eigenvalue weighted by Crippen LogP contribution is -2.47. The number of aliphatic hydroxyl groups is 1. The van der Waals surface area contributed by atoms with Gasteiger partial charge in [-0.05, 0) is 39.0 Å². The van der Waals surface area contributed by atoms with Crippen molar-refractivity contribution in [2.45, 2.75) is 51.7 Å². The largest absolute Gasteiger partial charge is 0.390 e. The first-order chi connectivity index (χ1) is 7.14. The molecule has 0 aromatic rings. The fraction of sp³-hybridized carbons (Fsp3) is 1.00. The summed E-state index contributed by atoms with van der Waals surface area (Å²) in [6, 6.07) is 0. The lowest BCUT2D eigenvalue weighted by atomic mass is 9.82. The Morgan fingerprint density at radius 3 is 2.47 bits per heavy atom. The van der Waals surface area contributed by atoms with Gasteiger partial charge in [-0.15, -0.1) is 0 Å². The predicted molar refractivity (Wildman–Crippen MR) is 59.9 cm³/mol. The highest BCUT2D eigenvalue weighted by molar-refractivity contribution is 4.88. The van der Waals surface area contributed by atoms with Crippen LogP contribution in [0.5, 0.6) is 0 Å². The van der Waals surface area contributed by atoms with E-state index in [2.05, 4.69) is 6.92 Å². The fourth-order valence-electron chi connectivity index (χ4n) is 2.26. The Hall–Kier alpha value is -0.120. The Kier molecular flexibility index (Phi) is 5.03. The Bertz CT molecular complexity index is 178. The molecule has 0 aromatic heterocycles. The molecule has 3 nitrogen and oxygen atoms in total. The van der Waals surface area contributed by atoms with Crippen molar-refractivity contribution in [3.63, 3.8) is 0 Å². The standard InChI is InChI=1S/C12H24O3/c1-4-12(3,15-5-2)11(13)10-6-8-14-9-7-10/h10-11,13H,4-9H2,1-3H3. The molecule has 0 amide bonds. The third-order valence-corrected chi connectivity index (χ3v) is 3.51. The van der Waals surface area contributed by atoms with E-state index in [1.54, 1.807) is 0 Å². The molecule has 1 rings (SSSR count). The van der Waals surface area contributed by atoms with Crippen LogP contribution in [0.3, 0.4) is 0 Å². The lowest BCUT2D eigenvalue weighted by Gasteiger charge is -2.39. The maximum absolute atomic E-state index is 10.3. The summed E-state index contributed by atoms with van der Waals surface area (Å²) in [4.78, 5) is 0. The van der Waals surface area contributed by atoms with Crippen LogP contribution in [-0.4, -0.2) is 36.6 Å². The van der Waals surface area contributed by atoms with Crippen LogP contribution in [0.25, 0.3) is 0 Å². The van der Waals surface area contributed by atoms with Gasteiger partial charge in [-0.3, -0.25) is 0 Å². The molecule has 2 atom stereocenters. The fourth-order valence-corrected chi connectivity index (χ4v) is 2.26. The molecule has 1 heterocycles. The van der Waals surface area contributed by atoms with E-state index in [0.29, 0.717) is 12.5 Å². The van der Waals surface area contributed by atoms with E-state index in [1.807, 2.05) is 13.8 Å². The average molecular weight is 216 g/mol. The van der Waals surface area contributed by atoms with Gasteiger partial charge in [-0.2, -0.15) is 0 Å². The number of aliphatic hydroxyl groups excluding tert-OH is 1. The summed E-state index contributed by atoms with van der Waals surface area (Å²) in [6.07, 6.45) is 2.37. The van der Waals surface area contributed by atoms with E-state index in [0.717, 1.165) is 32.5 Å².